The maximum atomic E-state index is 10.5. The Labute approximate surface area is 167 Å². The molecule has 4 rings (SSSR count). The maximum absolute atomic E-state index is 10.5. The summed E-state index contributed by atoms with van der Waals surface area (Å²) in [5, 5.41) is 39.0. The highest BCUT2D eigenvalue weighted by atomic mass is 16.6. The zero-order valence-corrected chi connectivity index (χ0v) is 16.7. The van der Waals surface area contributed by atoms with Gasteiger partial charge in [0.05, 0.1) is 18.0 Å². The second-order valence-corrected chi connectivity index (χ2v) is 7.39. The molecule has 1 aliphatic rings. The quantitative estimate of drug-likeness (QED) is 0.567. The third kappa shape index (κ3) is 3.33. The fraction of sp³-hybridized carbons (Fsp3) is 0.474. The van der Waals surface area contributed by atoms with Gasteiger partial charge in [0.2, 0.25) is 0 Å². The van der Waals surface area contributed by atoms with Crippen LogP contribution in [0.25, 0.3) is 11.8 Å². The Morgan fingerprint density at radius 3 is 2.10 bits per heavy atom. The van der Waals surface area contributed by atoms with E-state index in [0.29, 0.717) is 17.3 Å². The lowest BCUT2D eigenvalue weighted by Crippen LogP contribution is -2.32. The van der Waals surface area contributed by atoms with Crippen LogP contribution in [-0.4, -0.2) is 69.8 Å². The summed E-state index contributed by atoms with van der Waals surface area (Å²) in [4.78, 5) is 9.08. The van der Waals surface area contributed by atoms with Gasteiger partial charge >= 0.3 is 0 Å². The summed E-state index contributed by atoms with van der Waals surface area (Å²) in [6.07, 6.45) is -2.69. The van der Waals surface area contributed by atoms with Gasteiger partial charge in [-0.2, -0.15) is 15.2 Å². The summed E-state index contributed by atoms with van der Waals surface area (Å²) >= 11 is 0. The first-order valence-corrected chi connectivity index (χ1v) is 9.36. The number of rotatable bonds is 4. The van der Waals surface area contributed by atoms with Gasteiger partial charge in [-0.05, 0) is 39.8 Å². The van der Waals surface area contributed by atoms with E-state index >= 15 is 0 Å². The Hall–Kier alpha value is -2.66. The lowest BCUT2D eigenvalue weighted by molar-refractivity contribution is -0.0229. The van der Waals surface area contributed by atoms with E-state index in [1.54, 1.807) is 15.6 Å². The Balaban J connectivity index is 1.87. The van der Waals surface area contributed by atoms with Crippen molar-refractivity contribution in [3.63, 3.8) is 0 Å². The van der Waals surface area contributed by atoms with Crippen LogP contribution in [0.3, 0.4) is 0 Å². The highest BCUT2D eigenvalue weighted by Crippen LogP contribution is 2.36. The van der Waals surface area contributed by atoms with Crippen LogP contribution in [0.1, 0.15) is 34.4 Å². The highest BCUT2D eigenvalue weighted by molar-refractivity contribution is 5.39. The van der Waals surface area contributed by atoms with E-state index in [-0.39, 0.29) is 0 Å². The van der Waals surface area contributed by atoms with Crippen molar-refractivity contribution in [1.29, 1.82) is 0 Å². The minimum Gasteiger partial charge on any atom is -0.394 e. The standard InChI is InChI=1S/C19H24N6O4/c1-9-5-11(3)24(22-9)18-13(17-16(28)15(27)14(8-26)29-17)7-20-19(21-18)25-12(4)6-10(2)23-25/h5-7,14-17,26-28H,8H2,1-4H3/t14-,15-,16-,17+/m1/s1. The molecule has 3 N–H and O–H groups in total. The number of aromatic nitrogens is 6. The molecule has 0 aromatic carbocycles. The van der Waals surface area contributed by atoms with Crippen LogP contribution in [0.4, 0.5) is 0 Å². The molecule has 3 aromatic rings. The molecule has 0 aliphatic carbocycles. The second kappa shape index (κ2) is 7.30. The average Bonchev–Trinajstić information content (AvgIpc) is 3.30. The van der Waals surface area contributed by atoms with E-state index in [1.807, 2.05) is 39.8 Å². The first-order chi connectivity index (χ1) is 13.8. The number of ether oxygens (including phenoxy) is 1. The smallest absolute Gasteiger partial charge is 0.252 e. The van der Waals surface area contributed by atoms with Crippen LogP contribution in [0.15, 0.2) is 18.3 Å². The normalized spacial score (nSPS) is 24.4. The van der Waals surface area contributed by atoms with E-state index in [1.165, 1.54) is 0 Å². The van der Waals surface area contributed by atoms with Crippen LogP contribution in [0.5, 0.6) is 0 Å². The molecule has 10 nitrogen and oxygen atoms in total. The average molecular weight is 400 g/mol. The highest BCUT2D eigenvalue weighted by Gasteiger charge is 2.44. The van der Waals surface area contributed by atoms with Gasteiger partial charge in [0.1, 0.15) is 24.4 Å². The van der Waals surface area contributed by atoms with Crippen LogP contribution >= 0.6 is 0 Å². The predicted molar refractivity (Wildman–Crippen MR) is 102 cm³/mol. The van der Waals surface area contributed by atoms with Gasteiger partial charge in [0.15, 0.2) is 5.82 Å². The summed E-state index contributed by atoms with van der Waals surface area (Å²) < 4.78 is 8.99. The summed E-state index contributed by atoms with van der Waals surface area (Å²) in [5.74, 6) is 0.775. The fourth-order valence-corrected chi connectivity index (χ4v) is 3.68. The molecule has 0 bridgehead atoms. The first kappa shape index (κ1) is 19.6. The Kier molecular flexibility index (Phi) is 4.95. The summed E-state index contributed by atoms with van der Waals surface area (Å²) in [6, 6.07) is 3.83. The van der Waals surface area contributed by atoms with Crippen molar-refractivity contribution in [2.45, 2.75) is 52.1 Å². The molecular formula is C19H24N6O4. The first-order valence-electron chi connectivity index (χ1n) is 9.36. The lowest BCUT2D eigenvalue weighted by atomic mass is 10.0. The third-order valence-electron chi connectivity index (χ3n) is 5.04. The van der Waals surface area contributed by atoms with Crippen molar-refractivity contribution < 1.29 is 20.1 Å². The maximum Gasteiger partial charge on any atom is 0.252 e. The van der Waals surface area contributed by atoms with Gasteiger partial charge in [0.25, 0.3) is 5.95 Å². The number of aliphatic hydroxyl groups is 3. The minimum atomic E-state index is -1.23. The van der Waals surface area contributed by atoms with E-state index in [2.05, 4.69) is 20.2 Å². The van der Waals surface area contributed by atoms with Gasteiger partial charge in [-0.25, -0.2) is 14.3 Å². The number of aryl methyl sites for hydroxylation is 4. The summed E-state index contributed by atoms with van der Waals surface area (Å²) in [6.45, 7) is 7.16. The Bertz CT molecular complexity index is 1050. The van der Waals surface area contributed by atoms with Gasteiger partial charge in [-0.3, -0.25) is 0 Å². The molecule has 4 heterocycles. The summed E-state index contributed by atoms with van der Waals surface area (Å²) in [5.41, 5.74) is 3.83. The second-order valence-electron chi connectivity index (χ2n) is 7.39. The molecule has 1 aliphatic heterocycles. The van der Waals surface area contributed by atoms with Crippen LogP contribution in [0, 0.1) is 27.7 Å². The monoisotopic (exact) mass is 400 g/mol. The lowest BCUT2D eigenvalue weighted by Gasteiger charge is -2.19. The molecule has 0 radical (unpaired) electrons. The molecule has 154 valence electrons. The molecule has 3 aromatic heterocycles. The zero-order chi connectivity index (χ0) is 20.9. The number of hydrogen-bond acceptors (Lipinski definition) is 8. The van der Waals surface area contributed by atoms with Crippen molar-refractivity contribution >= 4 is 0 Å². The summed E-state index contributed by atoms with van der Waals surface area (Å²) in [7, 11) is 0. The van der Waals surface area contributed by atoms with Crippen LogP contribution < -0.4 is 0 Å². The number of nitrogens with zero attached hydrogens (tertiary/aromatic N) is 6. The molecule has 10 heteroatoms. The molecule has 1 saturated heterocycles. The van der Waals surface area contributed by atoms with E-state index < -0.39 is 31.0 Å². The van der Waals surface area contributed by atoms with Gasteiger partial charge < -0.3 is 20.1 Å². The molecule has 4 atom stereocenters. The number of aliphatic hydroxyl groups excluding tert-OH is 3. The van der Waals surface area contributed by atoms with E-state index in [0.717, 1.165) is 22.8 Å². The van der Waals surface area contributed by atoms with Crippen LogP contribution in [0.2, 0.25) is 0 Å². The van der Waals surface area contributed by atoms with Crippen LogP contribution in [-0.2, 0) is 4.74 Å². The van der Waals surface area contributed by atoms with Crippen molar-refractivity contribution in [2.75, 3.05) is 6.61 Å². The van der Waals surface area contributed by atoms with Crippen molar-refractivity contribution in [1.82, 2.24) is 29.5 Å². The minimum absolute atomic E-state index is 0.355. The predicted octanol–water partition coefficient (Wildman–Crippen LogP) is 0.236. The largest absolute Gasteiger partial charge is 0.394 e. The van der Waals surface area contributed by atoms with Crippen molar-refractivity contribution in [3.05, 3.63) is 46.7 Å². The number of hydrogen-bond donors (Lipinski definition) is 3. The van der Waals surface area contributed by atoms with Gasteiger partial charge in [0, 0.05) is 23.1 Å². The molecular weight excluding hydrogens is 376 g/mol. The topological polar surface area (TPSA) is 131 Å². The molecule has 0 saturated carbocycles. The molecule has 29 heavy (non-hydrogen) atoms. The molecule has 0 spiro atoms. The van der Waals surface area contributed by atoms with Gasteiger partial charge in [-0.15, -0.1) is 0 Å². The zero-order valence-electron chi connectivity index (χ0n) is 16.7. The van der Waals surface area contributed by atoms with E-state index in [9.17, 15) is 15.3 Å². The molecule has 0 unspecified atom stereocenters. The fourth-order valence-electron chi connectivity index (χ4n) is 3.68. The van der Waals surface area contributed by atoms with E-state index in [4.69, 9.17) is 4.74 Å². The Morgan fingerprint density at radius 1 is 0.966 bits per heavy atom. The third-order valence-corrected chi connectivity index (χ3v) is 5.04. The molecule has 0 amide bonds. The van der Waals surface area contributed by atoms with Crippen molar-refractivity contribution in [3.8, 4) is 11.8 Å². The van der Waals surface area contributed by atoms with Crippen molar-refractivity contribution in [2.24, 2.45) is 0 Å². The Morgan fingerprint density at radius 2 is 1.59 bits per heavy atom. The molecule has 1 fully saturated rings. The van der Waals surface area contributed by atoms with Gasteiger partial charge in [-0.1, -0.05) is 0 Å². The SMILES string of the molecule is Cc1cc(C)n(-c2ncc([C@@H]3O[C@H](CO)[C@@H](O)[C@H]3O)c(-n3nc(C)cc3C)n2)n1.